The van der Waals surface area contributed by atoms with Crippen LogP contribution in [0.5, 0.6) is 0 Å². The summed E-state index contributed by atoms with van der Waals surface area (Å²) in [5.74, 6) is 1.35. The average Bonchev–Trinajstić information content (AvgIpc) is 2.26. The van der Waals surface area contributed by atoms with Crippen LogP contribution in [-0.4, -0.2) is 6.54 Å². The highest BCUT2D eigenvalue weighted by Gasteiger charge is 2.01. The molecule has 1 rings (SSSR count). The van der Waals surface area contributed by atoms with E-state index in [1.165, 1.54) is 17.7 Å². The van der Waals surface area contributed by atoms with E-state index in [2.05, 4.69) is 57.3 Å². The molecule has 1 heteroatoms. The summed E-state index contributed by atoms with van der Waals surface area (Å²) in [5, 5.41) is 3.49. The van der Waals surface area contributed by atoms with Gasteiger partial charge in [0.15, 0.2) is 0 Å². The van der Waals surface area contributed by atoms with Crippen LogP contribution >= 0.6 is 0 Å². The van der Waals surface area contributed by atoms with Crippen LogP contribution in [0.1, 0.15) is 45.6 Å². The molecular weight excluding hydrogens is 182 g/mol. The zero-order valence-electron chi connectivity index (χ0n) is 10.4. The first-order valence-electron chi connectivity index (χ1n) is 5.97. The summed E-state index contributed by atoms with van der Waals surface area (Å²) in [6, 6.07) is 8.73. The lowest BCUT2D eigenvalue weighted by Crippen LogP contribution is -2.10. The van der Waals surface area contributed by atoms with E-state index < -0.39 is 0 Å². The number of rotatable bonds is 5. The zero-order valence-corrected chi connectivity index (χ0v) is 10.4. The number of nitrogens with one attached hydrogen (secondary N) is 1. The van der Waals surface area contributed by atoms with E-state index in [1.807, 2.05) is 0 Å². The largest absolute Gasteiger partial charge is 0.385 e. The molecule has 1 nitrogen and oxygen atoms in total. The van der Waals surface area contributed by atoms with Crippen molar-refractivity contribution >= 4 is 5.69 Å². The summed E-state index contributed by atoms with van der Waals surface area (Å²) in [7, 11) is 0. The van der Waals surface area contributed by atoms with Crippen LogP contribution in [0.4, 0.5) is 5.69 Å². The summed E-state index contributed by atoms with van der Waals surface area (Å²) in [5.41, 5.74) is 2.66. The second-order valence-electron chi connectivity index (χ2n) is 4.67. The first-order valence-corrected chi connectivity index (χ1v) is 5.97. The van der Waals surface area contributed by atoms with E-state index in [-0.39, 0.29) is 0 Å². The fourth-order valence-electron chi connectivity index (χ4n) is 1.44. The molecular formula is C14H23N. The molecule has 0 aliphatic heterocycles. The Labute approximate surface area is 93.9 Å². The highest BCUT2D eigenvalue weighted by molar-refractivity contribution is 5.46. The van der Waals surface area contributed by atoms with Crippen LogP contribution in [0.2, 0.25) is 0 Å². The lowest BCUT2D eigenvalue weighted by molar-refractivity contribution is 0.593. The van der Waals surface area contributed by atoms with Gasteiger partial charge in [0.2, 0.25) is 0 Å². The lowest BCUT2D eigenvalue weighted by Gasteiger charge is -2.13. The van der Waals surface area contributed by atoms with Crippen molar-refractivity contribution < 1.29 is 0 Å². The maximum Gasteiger partial charge on any atom is 0.0343 e. The summed E-state index contributed by atoms with van der Waals surface area (Å²) >= 11 is 0. The second kappa shape index (κ2) is 5.79. The Morgan fingerprint density at radius 2 is 1.93 bits per heavy atom. The molecule has 0 saturated carbocycles. The molecule has 1 aromatic rings. The van der Waals surface area contributed by atoms with Crippen molar-refractivity contribution in [3.05, 3.63) is 29.8 Å². The third-order valence-electron chi connectivity index (χ3n) is 2.90. The molecule has 1 atom stereocenters. The molecule has 0 aliphatic carbocycles. The van der Waals surface area contributed by atoms with Gasteiger partial charge in [-0.15, -0.1) is 0 Å². The molecule has 1 N–H and O–H groups in total. The van der Waals surface area contributed by atoms with Crippen molar-refractivity contribution in [1.82, 2.24) is 0 Å². The van der Waals surface area contributed by atoms with Crippen LogP contribution in [0.25, 0.3) is 0 Å². The van der Waals surface area contributed by atoms with Crippen molar-refractivity contribution in [2.24, 2.45) is 5.92 Å². The third-order valence-corrected chi connectivity index (χ3v) is 2.90. The van der Waals surface area contributed by atoms with E-state index >= 15 is 0 Å². The fourth-order valence-corrected chi connectivity index (χ4v) is 1.44. The van der Waals surface area contributed by atoms with Gasteiger partial charge in [0.1, 0.15) is 0 Å². The van der Waals surface area contributed by atoms with Crippen LogP contribution in [-0.2, 0) is 0 Å². The molecule has 0 heterocycles. The molecule has 0 saturated heterocycles. The van der Waals surface area contributed by atoms with Crippen LogP contribution in [0.3, 0.4) is 0 Å². The van der Waals surface area contributed by atoms with E-state index in [9.17, 15) is 0 Å². The predicted octanol–water partition coefficient (Wildman–Crippen LogP) is 4.27. The van der Waals surface area contributed by atoms with Gasteiger partial charge >= 0.3 is 0 Å². The minimum Gasteiger partial charge on any atom is -0.385 e. The number of benzene rings is 1. The second-order valence-corrected chi connectivity index (χ2v) is 4.67. The molecule has 0 fully saturated rings. The quantitative estimate of drug-likeness (QED) is 0.757. The Kier molecular flexibility index (Phi) is 4.67. The van der Waals surface area contributed by atoms with Gasteiger partial charge < -0.3 is 5.32 Å². The van der Waals surface area contributed by atoms with E-state index in [4.69, 9.17) is 0 Å². The molecule has 0 aliphatic rings. The van der Waals surface area contributed by atoms with Crippen molar-refractivity contribution in [3.8, 4) is 0 Å². The average molecular weight is 205 g/mol. The Bertz CT molecular complexity index is 291. The summed E-state index contributed by atoms with van der Waals surface area (Å²) in [6.45, 7) is 10.0. The maximum absolute atomic E-state index is 3.49. The van der Waals surface area contributed by atoms with Gasteiger partial charge in [0, 0.05) is 12.2 Å². The third kappa shape index (κ3) is 3.94. The monoisotopic (exact) mass is 205 g/mol. The number of anilines is 1. The van der Waals surface area contributed by atoms with Gasteiger partial charge in [-0.25, -0.2) is 0 Å². The molecule has 0 aromatic heterocycles. The maximum atomic E-state index is 3.49. The molecule has 0 spiro atoms. The Hall–Kier alpha value is -0.980. The topological polar surface area (TPSA) is 12.0 Å². The van der Waals surface area contributed by atoms with Crippen LogP contribution < -0.4 is 5.32 Å². The zero-order chi connectivity index (χ0) is 11.3. The highest BCUT2D eigenvalue weighted by Crippen LogP contribution is 2.18. The van der Waals surface area contributed by atoms with Crippen molar-refractivity contribution in [3.63, 3.8) is 0 Å². The van der Waals surface area contributed by atoms with Gasteiger partial charge in [-0.05, 0) is 29.5 Å². The summed E-state index contributed by atoms with van der Waals surface area (Å²) < 4.78 is 0. The minimum atomic E-state index is 0.607. The van der Waals surface area contributed by atoms with Crippen LogP contribution in [0, 0.1) is 5.92 Å². The molecule has 0 bridgehead atoms. The molecule has 1 unspecified atom stereocenters. The smallest absolute Gasteiger partial charge is 0.0343 e. The molecule has 0 radical (unpaired) electrons. The Balaban J connectivity index is 2.58. The number of hydrogen-bond donors (Lipinski definition) is 1. The first kappa shape index (κ1) is 12.1. The SMILES string of the molecule is CCC(C)CNc1cccc(C(C)C)c1. The van der Waals surface area contributed by atoms with Crippen molar-refractivity contribution in [2.45, 2.75) is 40.0 Å². The normalized spacial score (nSPS) is 12.9. The Morgan fingerprint density at radius 1 is 1.20 bits per heavy atom. The van der Waals surface area contributed by atoms with Gasteiger partial charge in [-0.2, -0.15) is 0 Å². The van der Waals surface area contributed by atoms with Gasteiger partial charge in [-0.1, -0.05) is 46.2 Å². The van der Waals surface area contributed by atoms with E-state index in [0.717, 1.165) is 12.5 Å². The molecule has 84 valence electrons. The summed E-state index contributed by atoms with van der Waals surface area (Å²) in [4.78, 5) is 0. The molecule has 1 aromatic carbocycles. The van der Waals surface area contributed by atoms with Crippen LogP contribution in [0.15, 0.2) is 24.3 Å². The minimum absolute atomic E-state index is 0.607. The van der Waals surface area contributed by atoms with Gasteiger partial charge in [0.05, 0.1) is 0 Å². The highest BCUT2D eigenvalue weighted by atomic mass is 14.9. The lowest BCUT2D eigenvalue weighted by atomic mass is 10.0. The van der Waals surface area contributed by atoms with Crippen molar-refractivity contribution in [2.75, 3.05) is 11.9 Å². The number of hydrogen-bond acceptors (Lipinski definition) is 1. The van der Waals surface area contributed by atoms with E-state index in [0.29, 0.717) is 5.92 Å². The molecule has 0 amide bonds. The van der Waals surface area contributed by atoms with Gasteiger partial charge in [0.25, 0.3) is 0 Å². The molecule has 15 heavy (non-hydrogen) atoms. The fraction of sp³-hybridized carbons (Fsp3) is 0.571. The van der Waals surface area contributed by atoms with Gasteiger partial charge in [-0.3, -0.25) is 0 Å². The predicted molar refractivity (Wildman–Crippen MR) is 68.5 cm³/mol. The van der Waals surface area contributed by atoms with Crippen molar-refractivity contribution in [1.29, 1.82) is 0 Å². The van der Waals surface area contributed by atoms with E-state index in [1.54, 1.807) is 0 Å². The Morgan fingerprint density at radius 3 is 2.53 bits per heavy atom. The first-order chi connectivity index (χ1) is 7.13. The standard InChI is InChI=1S/C14H23N/c1-5-12(4)10-15-14-8-6-7-13(9-14)11(2)3/h6-9,11-12,15H,5,10H2,1-4H3. The summed E-state index contributed by atoms with van der Waals surface area (Å²) in [6.07, 6.45) is 1.23.